The lowest BCUT2D eigenvalue weighted by atomic mass is 10.1. The van der Waals surface area contributed by atoms with Gasteiger partial charge >= 0.3 is 0 Å². The van der Waals surface area contributed by atoms with Gasteiger partial charge < -0.3 is 10.6 Å². The van der Waals surface area contributed by atoms with Crippen LogP contribution in [0.3, 0.4) is 0 Å². The summed E-state index contributed by atoms with van der Waals surface area (Å²) >= 11 is 1.57. The number of fused-ring (bicyclic) bond motifs is 1. The average molecular weight is 291 g/mol. The number of aromatic nitrogens is 1. The van der Waals surface area contributed by atoms with Crippen molar-refractivity contribution in [1.29, 1.82) is 0 Å². The lowest BCUT2D eigenvalue weighted by Gasteiger charge is -2.18. The van der Waals surface area contributed by atoms with Crippen LogP contribution in [0.1, 0.15) is 33.6 Å². The van der Waals surface area contributed by atoms with Gasteiger partial charge in [0.05, 0.1) is 10.2 Å². The number of nitrogens with one attached hydrogen (secondary N) is 2. The van der Waals surface area contributed by atoms with Gasteiger partial charge in [0.25, 0.3) is 0 Å². The molecule has 2 N–H and O–H groups in total. The van der Waals surface area contributed by atoms with Crippen molar-refractivity contribution in [2.45, 2.75) is 45.7 Å². The van der Waals surface area contributed by atoms with E-state index in [0.29, 0.717) is 0 Å². The fourth-order valence-corrected chi connectivity index (χ4v) is 2.96. The topological polar surface area (TPSA) is 54.0 Å². The number of hydrogen-bond acceptors (Lipinski definition) is 4. The third-order valence-corrected chi connectivity index (χ3v) is 4.33. The number of anilines is 1. The first-order valence-electron chi connectivity index (χ1n) is 7.06. The van der Waals surface area contributed by atoms with Crippen LogP contribution in [0, 0.1) is 0 Å². The average Bonchev–Trinajstić information content (AvgIpc) is 2.86. The summed E-state index contributed by atoms with van der Waals surface area (Å²) in [5, 5.41) is 7.02. The third-order valence-electron chi connectivity index (χ3n) is 3.36. The Hall–Kier alpha value is -1.62. The van der Waals surface area contributed by atoms with Crippen molar-refractivity contribution in [3.05, 3.63) is 24.3 Å². The molecule has 0 radical (unpaired) electrons. The molecule has 2 rings (SSSR count). The number of para-hydroxylation sites is 1. The number of hydrogen-bond donors (Lipinski definition) is 2. The molecule has 108 valence electrons. The maximum absolute atomic E-state index is 12.1. The number of nitrogens with zero attached hydrogens (tertiary/aromatic N) is 1. The molecule has 0 bridgehead atoms. The minimum absolute atomic E-state index is 0.0259. The summed E-state index contributed by atoms with van der Waals surface area (Å²) in [6.07, 6.45) is 1.91. The van der Waals surface area contributed by atoms with Gasteiger partial charge in [0.15, 0.2) is 5.13 Å². The largest absolute Gasteiger partial charge is 0.352 e. The SMILES string of the molecule is CCC(CC)NC(=O)C(C)Nc1nc2ccccc2s1. The van der Waals surface area contributed by atoms with E-state index >= 15 is 0 Å². The molecule has 0 aliphatic carbocycles. The van der Waals surface area contributed by atoms with Crippen molar-refractivity contribution in [2.24, 2.45) is 0 Å². The van der Waals surface area contributed by atoms with Gasteiger partial charge in [-0.25, -0.2) is 4.98 Å². The smallest absolute Gasteiger partial charge is 0.242 e. The maximum Gasteiger partial charge on any atom is 0.242 e. The lowest BCUT2D eigenvalue weighted by molar-refractivity contribution is -0.122. The Morgan fingerprint density at radius 3 is 2.65 bits per heavy atom. The first-order chi connectivity index (χ1) is 9.63. The molecular weight excluding hydrogens is 270 g/mol. The Balaban J connectivity index is 1.99. The summed E-state index contributed by atoms with van der Waals surface area (Å²) < 4.78 is 1.13. The molecule has 0 aliphatic rings. The van der Waals surface area contributed by atoms with Crippen LogP contribution < -0.4 is 10.6 Å². The van der Waals surface area contributed by atoms with Crippen molar-refractivity contribution in [1.82, 2.24) is 10.3 Å². The van der Waals surface area contributed by atoms with Gasteiger partial charge in [-0.3, -0.25) is 4.79 Å². The zero-order chi connectivity index (χ0) is 14.5. The monoisotopic (exact) mass is 291 g/mol. The van der Waals surface area contributed by atoms with Crippen LogP contribution in [0.2, 0.25) is 0 Å². The van der Waals surface area contributed by atoms with Gasteiger partial charge in [0.1, 0.15) is 6.04 Å². The Bertz CT molecular complexity index is 544. The number of amides is 1. The molecule has 1 amide bonds. The van der Waals surface area contributed by atoms with Crippen molar-refractivity contribution >= 4 is 32.6 Å². The van der Waals surface area contributed by atoms with E-state index < -0.39 is 0 Å². The van der Waals surface area contributed by atoms with E-state index in [1.165, 1.54) is 0 Å². The molecule has 1 aromatic heterocycles. The fourth-order valence-electron chi connectivity index (χ4n) is 2.00. The summed E-state index contributed by atoms with van der Waals surface area (Å²) in [6, 6.07) is 7.94. The summed E-state index contributed by atoms with van der Waals surface area (Å²) in [6.45, 7) is 6.03. The molecule has 1 atom stereocenters. The third kappa shape index (κ3) is 3.48. The van der Waals surface area contributed by atoms with Crippen molar-refractivity contribution in [3.8, 4) is 0 Å². The molecule has 0 fully saturated rings. The van der Waals surface area contributed by atoms with Crippen LogP contribution in [-0.2, 0) is 4.79 Å². The molecule has 4 nitrogen and oxygen atoms in total. The highest BCUT2D eigenvalue weighted by atomic mass is 32.1. The van der Waals surface area contributed by atoms with E-state index in [1.54, 1.807) is 11.3 Å². The molecule has 0 spiro atoms. The van der Waals surface area contributed by atoms with Gasteiger partial charge in [-0.05, 0) is 31.9 Å². The van der Waals surface area contributed by atoms with E-state index in [4.69, 9.17) is 0 Å². The number of rotatable bonds is 6. The van der Waals surface area contributed by atoms with Gasteiger partial charge in [0, 0.05) is 6.04 Å². The highest BCUT2D eigenvalue weighted by molar-refractivity contribution is 7.22. The van der Waals surface area contributed by atoms with Crippen molar-refractivity contribution < 1.29 is 4.79 Å². The highest BCUT2D eigenvalue weighted by Gasteiger charge is 2.16. The second-order valence-corrected chi connectivity index (χ2v) is 5.91. The number of benzene rings is 1. The summed E-state index contributed by atoms with van der Waals surface area (Å²) in [4.78, 5) is 16.6. The molecule has 0 saturated carbocycles. The minimum atomic E-state index is -0.281. The molecule has 0 aliphatic heterocycles. The molecule has 2 aromatic rings. The fraction of sp³-hybridized carbons (Fsp3) is 0.467. The number of thiazole rings is 1. The second-order valence-electron chi connectivity index (χ2n) is 4.87. The predicted octanol–water partition coefficient (Wildman–Crippen LogP) is 3.40. The molecule has 20 heavy (non-hydrogen) atoms. The highest BCUT2D eigenvalue weighted by Crippen LogP contribution is 2.25. The molecule has 0 saturated heterocycles. The normalized spacial score (nSPS) is 12.6. The van der Waals surface area contributed by atoms with Crippen LogP contribution in [0.5, 0.6) is 0 Å². The zero-order valence-electron chi connectivity index (χ0n) is 12.1. The van der Waals surface area contributed by atoms with Crippen LogP contribution in [-0.4, -0.2) is 23.0 Å². The Labute approximate surface area is 123 Å². The predicted molar refractivity (Wildman–Crippen MR) is 85.2 cm³/mol. The Morgan fingerprint density at radius 1 is 1.30 bits per heavy atom. The summed E-state index contributed by atoms with van der Waals surface area (Å²) in [5.74, 6) is 0.0259. The van der Waals surface area contributed by atoms with Crippen LogP contribution >= 0.6 is 11.3 Å². The quantitative estimate of drug-likeness (QED) is 0.857. The van der Waals surface area contributed by atoms with Crippen LogP contribution in [0.15, 0.2) is 24.3 Å². The van der Waals surface area contributed by atoms with Gasteiger partial charge in [-0.2, -0.15) is 0 Å². The number of carbonyl (C=O) groups excluding carboxylic acids is 1. The van der Waals surface area contributed by atoms with E-state index in [9.17, 15) is 4.79 Å². The second kappa shape index (κ2) is 6.70. The first kappa shape index (κ1) is 14.8. The van der Waals surface area contributed by atoms with Crippen molar-refractivity contribution in [2.75, 3.05) is 5.32 Å². The van der Waals surface area contributed by atoms with Crippen LogP contribution in [0.4, 0.5) is 5.13 Å². The van der Waals surface area contributed by atoms with Crippen molar-refractivity contribution in [3.63, 3.8) is 0 Å². The van der Waals surface area contributed by atoms with E-state index in [-0.39, 0.29) is 18.0 Å². The number of carbonyl (C=O) groups is 1. The van der Waals surface area contributed by atoms with Gasteiger partial charge in [-0.15, -0.1) is 0 Å². The standard InChI is InChI=1S/C15H21N3OS/c1-4-11(5-2)17-14(19)10(3)16-15-18-12-8-6-7-9-13(12)20-15/h6-11H,4-5H2,1-3H3,(H,16,18)(H,17,19). The molecule has 1 unspecified atom stereocenters. The molecule has 1 heterocycles. The first-order valence-corrected chi connectivity index (χ1v) is 7.88. The lowest BCUT2D eigenvalue weighted by Crippen LogP contribution is -2.42. The molecule has 5 heteroatoms. The van der Waals surface area contributed by atoms with Gasteiger partial charge in [0.2, 0.25) is 5.91 Å². The Kier molecular flexibility index (Phi) is 4.95. The van der Waals surface area contributed by atoms with Gasteiger partial charge in [-0.1, -0.05) is 37.3 Å². The summed E-state index contributed by atoms with van der Waals surface area (Å²) in [7, 11) is 0. The minimum Gasteiger partial charge on any atom is -0.352 e. The molecular formula is C15H21N3OS. The Morgan fingerprint density at radius 2 is 2.00 bits per heavy atom. The van der Waals surface area contributed by atoms with E-state index in [0.717, 1.165) is 28.2 Å². The molecule has 1 aromatic carbocycles. The maximum atomic E-state index is 12.1. The summed E-state index contributed by atoms with van der Waals surface area (Å²) in [5.41, 5.74) is 0.965. The zero-order valence-corrected chi connectivity index (χ0v) is 13.0. The van der Waals surface area contributed by atoms with E-state index in [2.05, 4.69) is 29.5 Å². The van der Waals surface area contributed by atoms with Crippen LogP contribution in [0.25, 0.3) is 10.2 Å². The van der Waals surface area contributed by atoms with E-state index in [1.807, 2.05) is 31.2 Å².